The fourth-order valence-electron chi connectivity index (χ4n) is 4.83. The van der Waals surface area contributed by atoms with Crippen LogP contribution in [0.2, 0.25) is 0 Å². The second-order valence-electron chi connectivity index (χ2n) is 9.51. The van der Waals surface area contributed by atoms with Crippen molar-refractivity contribution < 1.29 is 19.1 Å². The molecule has 0 spiro atoms. The van der Waals surface area contributed by atoms with Crippen molar-refractivity contribution in [3.8, 4) is 22.9 Å². The van der Waals surface area contributed by atoms with Crippen LogP contribution in [0.1, 0.15) is 51.0 Å². The Morgan fingerprint density at radius 2 is 1.82 bits per heavy atom. The largest absolute Gasteiger partial charge is 0.493 e. The Balaban J connectivity index is 1.55. The highest BCUT2D eigenvalue weighted by Gasteiger charge is 2.31. The zero-order valence-corrected chi connectivity index (χ0v) is 22.3. The van der Waals surface area contributed by atoms with Crippen LogP contribution in [0.15, 0.2) is 48.5 Å². The molecule has 1 heterocycles. The molecule has 10 heteroatoms. The first-order chi connectivity index (χ1) is 18.5. The van der Waals surface area contributed by atoms with Crippen molar-refractivity contribution in [2.75, 3.05) is 14.2 Å². The van der Waals surface area contributed by atoms with Crippen LogP contribution in [0.25, 0.3) is 11.4 Å². The fraction of sp³-hybridized carbons (Fsp3) is 0.464. The van der Waals surface area contributed by atoms with Gasteiger partial charge in [0.05, 0.1) is 14.2 Å². The monoisotopic (exact) mass is 520 g/mol. The third-order valence-corrected chi connectivity index (χ3v) is 6.83. The second kappa shape index (κ2) is 13.0. The van der Waals surface area contributed by atoms with Gasteiger partial charge >= 0.3 is 0 Å². The Morgan fingerprint density at radius 1 is 1.08 bits per heavy atom. The lowest BCUT2D eigenvalue weighted by atomic mass is 10.1. The molecule has 10 nitrogen and oxygen atoms in total. The number of ether oxygens (including phenoxy) is 2. The zero-order valence-electron chi connectivity index (χ0n) is 22.3. The first kappa shape index (κ1) is 27.1. The molecular weight excluding hydrogens is 484 g/mol. The van der Waals surface area contributed by atoms with Crippen LogP contribution in [0.5, 0.6) is 11.5 Å². The highest BCUT2D eigenvalue weighted by Crippen LogP contribution is 2.30. The average molecular weight is 521 g/mol. The topological polar surface area (TPSA) is 111 Å². The molecule has 2 amide bonds. The molecule has 0 bridgehead atoms. The van der Waals surface area contributed by atoms with Crippen molar-refractivity contribution >= 4 is 11.8 Å². The van der Waals surface area contributed by atoms with Crippen molar-refractivity contribution in [2.45, 2.75) is 70.6 Å². The number of nitrogens with one attached hydrogen (secondary N) is 1. The molecule has 1 aromatic heterocycles. The Kier molecular flexibility index (Phi) is 9.29. The van der Waals surface area contributed by atoms with Gasteiger partial charge in [-0.15, -0.1) is 10.2 Å². The lowest BCUT2D eigenvalue weighted by molar-refractivity contribution is -0.142. The van der Waals surface area contributed by atoms with E-state index >= 15 is 0 Å². The molecule has 1 aliphatic rings. The first-order valence-electron chi connectivity index (χ1n) is 13.2. The highest BCUT2D eigenvalue weighted by molar-refractivity contribution is 5.87. The van der Waals surface area contributed by atoms with Gasteiger partial charge in [0.15, 0.2) is 11.5 Å². The van der Waals surface area contributed by atoms with E-state index in [2.05, 4.69) is 20.7 Å². The van der Waals surface area contributed by atoms with E-state index in [4.69, 9.17) is 9.47 Å². The van der Waals surface area contributed by atoms with Crippen molar-refractivity contribution in [3.05, 3.63) is 54.1 Å². The smallest absolute Gasteiger partial charge is 0.247 e. The van der Waals surface area contributed by atoms with Gasteiger partial charge in [0.1, 0.15) is 12.6 Å². The Bertz CT molecular complexity index is 1210. The molecule has 38 heavy (non-hydrogen) atoms. The summed E-state index contributed by atoms with van der Waals surface area (Å²) in [5.74, 6) is 1.15. The van der Waals surface area contributed by atoms with Crippen molar-refractivity contribution in [1.29, 1.82) is 0 Å². The van der Waals surface area contributed by atoms with Gasteiger partial charge in [-0.1, -0.05) is 56.5 Å². The van der Waals surface area contributed by atoms with Crippen molar-refractivity contribution in [3.63, 3.8) is 0 Å². The summed E-state index contributed by atoms with van der Waals surface area (Å²) in [4.78, 5) is 30.0. The molecule has 3 aromatic rings. The van der Waals surface area contributed by atoms with Crippen LogP contribution in [0.4, 0.5) is 0 Å². The van der Waals surface area contributed by atoms with Crippen LogP contribution in [0.3, 0.4) is 0 Å². The number of nitrogens with zero attached hydrogens (tertiary/aromatic N) is 5. The summed E-state index contributed by atoms with van der Waals surface area (Å²) in [5, 5.41) is 15.9. The van der Waals surface area contributed by atoms with E-state index in [1.165, 1.54) is 4.80 Å². The summed E-state index contributed by atoms with van der Waals surface area (Å²) >= 11 is 0. The maximum atomic E-state index is 13.7. The summed E-state index contributed by atoms with van der Waals surface area (Å²) in [6, 6.07) is 14.6. The molecule has 4 rings (SSSR count). The minimum atomic E-state index is -0.581. The molecule has 0 aliphatic heterocycles. The van der Waals surface area contributed by atoms with Gasteiger partial charge in [0.25, 0.3) is 0 Å². The van der Waals surface area contributed by atoms with E-state index in [1.807, 2.05) is 37.3 Å². The average Bonchev–Trinajstić information content (AvgIpc) is 3.63. The van der Waals surface area contributed by atoms with E-state index in [-0.39, 0.29) is 24.4 Å². The molecule has 1 fully saturated rings. The van der Waals surface area contributed by atoms with Crippen LogP contribution in [0, 0.1) is 0 Å². The number of hydrogen-bond acceptors (Lipinski definition) is 7. The van der Waals surface area contributed by atoms with Gasteiger partial charge in [0, 0.05) is 18.2 Å². The van der Waals surface area contributed by atoms with E-state index in [1.54, 1.807) is 37.3 Å². The number of methoxy groups -OCH3 is 2. The third-order valence-electron chi connectivity index (χ3n) is 6.83. The number of carbonyl (C=O) groups excluding carboxylic acids is 2. The number of hydrogen-bond donors (Lipinski definition) is 1. The molecule has 1 atom stereocenters. The number of amides is 2. The number of carbonyl (C=O) groups is 2. The van der Waals surface area contributed by atoms with Crippen molar-refractivity contribution in [2.24, 2.45) is 0 Å². The fourth-order valence-corrected chi connectivity index (χ4v) is 4.83. The highest BCUT2D eigenvalue weighted by atomic mass is 16.5. The minimum absolute atomic E-state index is 0.0967. The lowest BCUT2D eigenvalue weighted by Crippen LogP contribution is -2.52. The third kappa shape index (κ3) is 6.67. The van der Waals surface area contributed by atoms with Crippen LogP contribution in [-0.4, -0.2) is 63.2 Å². The molecule has 2 aromatic carbocycles. The summed E-state index contributed by atoms with van der Waals surface area (Å²) < 4.78 is 10.7. The molecule has 0 saturated heterocycles. The number of benzene rings is 2. The van der Waals surface area contributed by atoms with Gasteiger partial charge in [-0.3, -0.25) is 9.59 Å². The number of tetrazole rings is 1. The van der Waals surface area contributed by atoms with E-state index in [0.29, 0.717) is 35.9 Å². The Morgan fingerprint density at radius 3 is 2.50 bits per heavy atom. The quantitative estimate of drug-likeness (QED) is 0.388. The van der Waals surface area contributed by atoms with Gasteiger partial charge in [-0.25, -0.2) is 0 Å². The Labute approximate surface area is 223 Å². The van der Waals surface area contributed by atoms with Crippen LogP contribution in [-0.2, 0) is 22.7 Å². The molecule has 1 saturated carbocycles. The molecule has 202 valence electrons. The van der Waals surface area contributed by atoms with Gasteiger partial charge in [-0.2, -0.15) is 4.80 Å². The van der Waals surface area contributed by atoms with Crippen LogP contribution < -0.4 is 14.8 Å². The molecule has 0 unspecified atom stereocenters. The molecule has 1 aliphatic carbocycles. The van der Waals surface area contributed by atoms with Crippen LogP contribution >= 0.6 is 0 Å². The summed E-state index contributed by atoms with van der Waals surface area (Å²) in [6.45, 7) is 2.21. The normalized spacial score (nSPS) is 14.2. The predicted molar refractivity (Wildman–Crippen MR) is 142 cm³/mol. The lowest BCUT2D eigenvalue weighted by Gasteiger charge is -2.32. The zero-order chi connectivity index (χ0) is 26.9. The Hall–Kier alpha value is -3.95. The maximum Gasteiger partial charge on any atom is 0.247 e. The van der Waals surface area contributed by atoms with Gasteiger partial charge in [0.2, 0.25) is 17.6 Å². The molecule has 1 N–H and O–H groups in total. The van der Waals surface area contributed by atoms with Gasteiger partial charge in [-0.05, 0) is 48.2 Å². The SMILES string of the molecule is CCC[C@@H](C(=O)NC1CCCC1)N(Cc1ccccc1)C(=O)Cn1nnc(-c2ccc(OC)c(OC)c2)n1. The molecule has 0 radical (unpaired) electrons. The standard InChI is InChI=1S/C28H36N6O4/c1-4-10-23(28(36)29-22-13-8-9-14-22)33(18-20-11-6-5-7-12-20)26(35)19-34-31-27(30-32-34)21-15-16-24(37-2)25(17-21)38-3/h5-7,11-12,15-17,22-23H,4,8-10,13-14,18-19H2,1-3H3,(H,29,36)/t23-/m0/s1. The van der Waals surface area contributed by atoms with E-state index in [0.717, 1.165) is 37.7 Å². The van der Waals surface area contributed by atoms with Gasteiger partial charge < -0.3 is 19.7 Å². The second-order valence-corrected chi connectivity index (χ2v) is 9.51. The van der Waals surface area contributed by atoms with Crippen molar-refractivity contribution in [1.82, 2.24) is 30.4 Å². The summed E-state index contributed by atoms with van der Waals surface area (Å²) in [6.07, 6.45) is 5.55. The number of aromatic nitrogens is 4. The van der Waals surface area contributed by atoms with E-state index < -0.39 is 6.04 Å². The molecular formula is C28H36N6O4. The predicted octanol–water partition coefficient (Wildman–Crippen LogP) is 3.61. The first-order valence-corrected chi connectivity index (χ1v) is 13.2. The minimum Gasteiger partial charge on any atom is -0.493 e. The summed E-state index contributed by atoms with van der Waals surface area (Å²) in [7, 11) is 3.13. The summed E-state index contributed by atoms with van der Waals surface area (Å²) in [5.41, 5.74) is 1.63. The van der Waals surface area contributed by atoms with E-state index in [9.17, 15) is 9.59 Å². The number of rotatable bonds is 12. The maximum absolute atomic E-state index is 13.7.